The molecule has 4 unspecified atom stereocenters. The van der Waals surface area contributed by atoms with Crippen LogP contribution in [0.15, 0.2) is 0 Å². The van der Waals surface area contributed by atoms with Crippen molar-refractivity contribution in [3.8, 4) is 0 Å². The maximum Gasteiger partial charge on any atom is 0.459 e. The normalized spacial score (nSPS) is 41.0. The van der Waals surface area contributed by atoms with Crippen molar-refractivity contribution in [2.75, 3.05) is 0 Å². The fraction of sp³-hybridized carbons (Fsp3) is 1.00. The second-order valence-electron chi connectivity index (χ2n) is 5.55. The number of hydrogen-bond acceptors (Lipinski definition) is 1. The maximum atomic E-state index is 13.8. The largest absolute Gasteiger partial charge is 0.459 e. The van der Waals surface area contributed by atoms with Crippen LogP contribution in [0.4, 0.5) is 61.5 Å². The van der Waals surface area contributed by atoms with Gasteiger partial charge in [0.05, 0.1) is 6.10 Å². The van der Waals surface area contributed by atoms with Gasteiger partial charge >= 0.3 is 36.0 Å². The molecule has 0 aromatic rings. The van der Waals surface area contributed by atoms with E-state index in [1.165, 1.54) is 0 Å². The van der Waals surface area contributed by atoms with Crippen molar-refractivity contribution in [2.45, 2.75) is 54.2 Å². The molecule has 1 saturated carbocycles. The van der Waals surface area contributed by atoms with E-state index in [-0.39, 0.29) is 0 Å². The molecular formula is C10H4F14O. The SMILES string of the molecule is FC(F)(F)C(F)(F)C1(F)OC2CC(F)(C(F)(F)F)C(F)(F)C2C1(F)F. The molecule has 1 aliphatic heterocycles. The standard InChI is InChI=1S/C10H4F14O/c11-4(9(19,20)21)1-2-3(5(4,12)13)6(14,15)8(18,25-2)7(16,17)10(22,23)24/h2-3H,1H2. The third kappa shape index (κ3) is 2.07. The third-order valence-electron chi connectivity index (χ3n) is 4.12. The second kappa shape index (κ2) is 4.63. The summed E-state index contributed by atoms with van der Waals surface area (Å²) in [5.41, 5.74) is -5.73. The number of alkyl halides is 14. The van der Waals surface area contributed by atoms with E-state index in [4.69, 9.17) is 0 Å². The summed E-state index contributed by atoms with van der Waals surface area (Å²) in [6.07, 6.45) is -19.9. The quantitative estimate of drug-likeness (QED) is 0.569. The van der Waals surface area contributed by atoms with Crippen molar-refractivity contribution >= 4 is 0 Å². The van der Waals surface area contributed by atoms with Gasteiger partial charge in [0, 0.05) is 6.42 Å². The molecule has 2 aliphatic rings. The molecule has 0 aromatic carbocycles. The van der Waals surface area contributed by atoms with Crippen LogP contribution < -0.4 is 0 Å². The number of rotatable bonds is 1. The van der Waals surface area contributed by atoms with Crippen molar-refractivity contribution < 1.29 is 66.2 Å². The Labute approximate surface area is 127 Å². The van der Waals surface area contributed by atoms with Crippen LogP contribution in [0.3, 0.4) is 0 Å². The first-order valence-corrected chi connectivity index (χ1v) is 6.01. The van der Waals surface area contributed by atoms with Crippen molar-refractivity contribution in [2.24, 2.45) is 5.92 Å². The van der Waals surface area contributed by atoms with Gasteiger partial charge in [0.25, 0.3) is 5.67 Å². The molecule has 0 spiro atoms. The van der Waals surface area contributed by atoms with Crippen LogP contribution in [0.1, 0.15) is 6.42 Å². The molecule has 0 aromatic heterocycles. The van der Waals surface area contributed by atoms with Crippen molar-refractivity contribution in [3.05, 3.63) is 0 Å². The minimum absolute atomic E-state index is 2.79. The summed E-state index contributed by atoms with van der Waals surface area (Å²) in [6, 6.07) is 0. The van der Waals surface area contributed by atoms with Crippen LogP contribution >= 0.6 is 0 Å². The highest BCUT2D eigenvalue weighted by Crippen LogP contribution is 2.70. The number of fused-ring (bicyclic) bond motifs is 1. The Kier molecular flexibility index (Phi) is 3.76. The first-order chi connectivity index (χ1) is 10.7. The van der Waals surface area contributed by atoms with Crippen LogP contribution in [-0.2, 0) is 4.74 Å². The van der Waals surface area contributed by atoms with Crippen LogP contribution in [0.5, 0.6) is 0 Å². The van der Waals surface area contributed by atoms with Crippen molar-refractivity contribution in [1.29, 1.82) is 0 Å². The number of ether oxygens (including phenoxy) is 1. The molecule has 0 amide bonds. The van der Waals surface area contributed by atoms with E-state index in [1.807, 2.05) is 0 Å². The lowest BCUT2D eigenvalue weighted by molar-refractivity contribution is -0.420. The van der Waals surface area contributed by atoms with E-state index in [1.54, 1.807) is 0 Å². The molecule has 0 bridgehead atoms. The molecule has 148 valence electrons. The maximum absolute atomic E-state index is 13.8. The first-order valence-electron chi connectivity index (χ1n) is 6.01. The molecule has 1 aliphatic carbocycles. The fourth-order valence-electron chi connectivity index (χ4n) is 2.84. The highest BCUT2D eigenvalue weighted by molar-refractivity contribution is 5.23. The number of hydrogen-bond donors (Lipinski definition) is 0. The van der Waals surface area contributed by atoms with E-state index in [9.17, 15) is 61.5 Å². The molecule has 2 fully saturated rings. The van der Waals surface area contributed by atoms with Gasteiger partial charge in [-0.05, 0) is 0 Å². The van der Waals surface area contributed by atoms with Crippen LogP contribution in [0.25, 0.3) is 0 Å². The monoisotopic (exact) mass is 406 g/mol. The lowest BCUT2D eigenvalue weighted by Gasteiger charge is -2.38. The topological polar surface area (TPSA) is 9.23 Å². The third-order valence-corrected chi connectivity index (χ3v) is 4.12. The van der Waals surface area contributed by atoms with Gasteiger partial charge in [0.15, 0.2) is 0 Å². The Hall–Kier alpha value is -1.02. The predicted molar refractivity (Wildman–Crippen MR) is 47.6 cm³/mol. The molecule has 0 radical (unpaired) electrons. The highest BCUT2D eigenvalue weighted by Gasteiger charge is 2.95. The summed E-state index contributed by atoms with van der Waals surface area (Å²) in [6.45, 7) is 0. The minimum atomic E-state index is -7.07. The van der Waals surface area contributed by atoms with Gasteiger partial charge < -0.3 is 4.74 Å². The van der Waals surface area contributed by atoms with Gasteiger partial charge in [-0.3, -0.25) is 0 Å². The lowest BCUT2D eigenvalue weighted by Crippen LogP contribution is -2.66. The predicted octanol–water partition coefficient (Wildman–Crippen LogP) is 4.81. The zero-order chi connectivity index (χ0) is 20.1. The van der Waals surface area contributed by atoms with E-state index in [2.05, 4.69) is 4.74 Å². The summed E-state index contributed by atoms with van der Waals surface area (Å²) in [5.74, 6) is -30.8. The molecule has 1 saturated heterocycles. The van der Waals surface area contributed by atoms with Crippen LogP contribution in [-0.4, -0.2) is 47.7 Å². The minimum Gasteiger partial charge on any atom is -0.332 e. The Morgan fingerprint density at radius 1 is 0.720 bits per heavy atom. The zero-order valence-electron chi connectivity index (χ0n) is 11.1. The van der Waals surface area contributed by atoms with Crippen molar-refractivity contribution in [1.82, 2.24) is 0 Å². The molecule has 25 heavy (non-hydrogen) atoms. The Bertz CT molecular complexity index is 563. The molecule has 2 rings (SSSR count). The van der Waals surface area contributed by atoms with Gasteiger partial charge in [-0.15, -0.1) is 0 Å². The summed E-state index contributed by atoms with van der Waals surface area (Å²) in [7, 11) is 0. The van der Waals surface area contributed by atoms with Gasteiger partial charge in [0.2, 0.25) is 0 Å². The summed E-state index contributed by atoms with van der Waals surface area (Å²) in [4.78, 5) is 0. The second-order valence-corrected chi connectivity index (χ2v) is 5.55. The highest BCUT2D eigenvalue weighted by atomic mass is 19.4. The summed E-state index contributed by atoms with van der Waals surface area (Å²) < 4.78 is 185. The number of halogens is 14. The smallest absolute Gasteiger partial charge is 0.332 e. The van der Waals surface area contributed by atoms with Gasteiger partial charge in [-0.25, -0.2) is 13.2 Å². The molecular weight excluding hydrogens is 402 g/mol. The van der Waals surface area contributed by atoms with Gasteiger partial charge in [-0.1, -0.05) is 0 Å². The van der Waals surface area contributed by atoms with Gasteiger partial charge in [0.1, 0.15) is 5.92 Å². The fourth-order valence-corrected chi connectivity index (χ4v) is 2.84. The Morgan fingerprint density at radius 3 is 1.48 bits per heavy atom. The van der Waals surface area contributed by atoms with Crippen LogP contribution in [0.2, 0.25) is 0 Å². The van der Waals surface area contributed by atoms with Gasteiger partial charge in [-0.2, -0.15) is 48.3 Å². The Morgan fingerprint density at radius 2 is 1.16 bits per heavy atom. The zero-order valence-corrected chi connectivity index (χ0v) is 11.1. The lowest BCUT2D eigenvalue weighted by atomic mass is 9.87. The Balaban J connectivity index is 2.59. The summed E-state index contributed by atoms with van der Waals surface area (Å²) in [5, 5.41) is 0. The molecule has 1 heterocycles. The molecule has 0 N–H and O–H groups in total. The van der Waals surface area contributed by atoms with E-state index >= 15 is 0 Å². The average Bonchev–Trinajstić information content (AvgIpc) is 2.66. The average molecular weight is 406 g/mol. The van der Waals surface area contributed by atoms with Crippen LogP contribution in [0, 0.1) is 5.92 Å². The molecule has 15 heteroatoms. The first kappa shape index (κ1) is 20.3. The van der Waals surface area contributed by atoms with E-state index < -0.39 is 60.1 Å². The van der Waals surface area contributed by atoms with E-state index in [0.717, 1.165) is 0 Å². The van der Waals surface area contributed by atoms with Crippen molar-refractivity contribution in [3.63, 3.8) is 0 Å². The van der Waals surface area contributed by atoms with E-state index in [0.29, 0.717) is 0 Å². The summed E-state index contributed by atoms with van der Waals surface area (Å²) >= 11 is 0. The molecule has 4 atom stereocenters. The molecule has 1 nitrogen and oxygen atoms in total.